The number of halogens is 2. The second-order valence-electron chi connectivity index (χ2n) is 4.28. The van der Waals surface area contributed by atoms with E-state index < -0.39 is 17.6 Å². The van der Waals surface area contributed by atoms with Gasteiger partial charge in [0.25, 0.3) is 0 Å². The van der Waals surface area contributed by atoms with E-state index in [0.717, 1.165) is 6.07 Å². The number of rotatable bonds is 5. The molecule has 0 atom stereocenters. The molecule has 1 aromatic carbocycles. The molecule has 0 saturated carbocycles. The van der Waals surface area contributed by atoms with Crippen molar-refractivity contribution in [3.63, 3.8) is 0 Å². The summed E-state index contributed by atoms with van der Waals surface area (Å²) in [5.74, 6) is -1.69. The summed E-state index contributed by atoms with van der Waals surface area (Å²) >= 11 is 0. The molecule has 0 bridgehead atoms. The number of carbonyl (C=O) groups excluding carboxylic acids is 1. The number of nitrogens with one attached hydrogen (secondary N) is 1. The number of esters is 1. The fourth-order valence-corrected chi connectivity index (χ4v) is 1.83. The molecule has 0 spiro atoms. The summed E-state index contributed by atoms with van der Waals surface area (Å²) in [6.07, 6.45) is 0.939. The second-order valence-corrected chi connectivity index (χ2v) is 4.28. The number of aromatic nitrogens is 2. The van der Waals surface area contributed by atoms with Gasteiger partial charge in [-0.25, -0.2) is 13.6 Å². The first-order valence-corrected chi connectivity index (χ1v) is 6.25. The minimum absolute atomic E-state index is 0.201. The maximum atomic E-state index is 13.0. The molecule has 0 aliphatic rings. The first-order valence-electron chi connectivity index (χ1n) is 6.25. The monoisotopic (exact) mass is 280 g/mol. The highest BCUT2D eigenvalue weighted by molar-refractivity contribution is 5.87. The van der Waals surface area contributed by atoms with Crippen molar-refractivity contribution >= 4 is 5.97 Å². The van der Waals surface area contributed by atoms with E-state index >= 15 is 0 Å². The fraction of sp³-hybridized carbons (Fsp3) is 0.286. The zero-order valence-electron chi connectivity index (χ0n) is 11.0. The summed E-state index contributed by atoms with van der Waals surface area (Å²) in [5, 5.41) is 6.54. The Labute approximate surface area is 114 Å². The Morgan fingerprint density at radius 1 is 1.20 bits per heavy atom. The zero-order chi connectivity index (χ0) is 14.5. The third-order valence-corrected chi connectivity index (χ3v) is 2.72. The van der Waals surface area contributed by atoms with Gasteiger partial charge in [0.2, 0.25) is 0 Å². The maximum Gasteiger partial charge on any atom is 0.358 e. The lowest BCUT2D eigenvalue weighted by Crippen LogP contribution is -2.04. The molecule has 0 radical (unpaired) electrons. The minimum atomic E-state index is -0.600. The average Bonchev–Trinajstić information content (AvgIpc) is 2.84. The van der Waals surface area contributed by atoms with Crippen molar-refractivity contribution in [2.24, 2.45) is 0 Å². The van der Waals surface area contributed by atoms with Crippen LogP contribution in [0.2, 0.25) is 0 Å². The van der Waals surface area contributed by atoms with Crippen LogP contribution in [0.4, 0.5) is 8.78 Å². The predicted molar refractivity (Wildman–Crippen MR) is 68.3 cm³/mol. The summed E-state index contributed by atoms with van der Waals surface area (Å²) in [6, 6.07) is 4.98. The van der Waals surface area contributed by atoms with Gasteiger partial charge in [0.1, 0.15) is 11.6 Å². The van der Waals surface area contributed by atoms with Crippen LogP contribution >= 0.6 is 0 Å². The Bertz CT molecular complexity index is 591. The molecular weight excluding hydrogens is 266 g/mol. The summed E-state index contributed by atoms with van der Waals surface area (Å²) < 4.78 is 30.9. The number of ether oxygens (including phenoxy) is 1. The Morgan fingerprint density at radius 3 is 2.55 bits per heavy atom. The van der Waals surface area contributed by atoms with Crippen LogP contribution in [0.5, 0.6) is 0 Å². The number of carbonyl (C=O) groups is 1. The van der Waals surface area contributed by atoms with Gasteiger partial charge in [-0.1, -0.05) is 0 Å². The van der Waals surface area contributed by atoms with Crippen molar-refractivity contribution in [1.82, 2.24) is 10.2 Å². The van der Waals surface area contributed by atoms with E-state index in [4.69, 9.17) is 4.74 Å². The standard InChI is InChI=1S/C14H14F2N2O2/c1-2-20-14(19)13-8-12(17-18-13)4-3-9-5-10(15)7-11(16)6-9/h5-8H,2-4H2,1H3,(H,17,18). The molecule has 0 unspecified atom stereocenters. The molecule has 0 aliphatic heterocycles. The normalized spacial score (nSPS) is 10.6. The number of aryl methyl sites for hydroxylation is 2. The minimum Gasteiger partial charge on any atom is -0.461 e. The molecule has 0 amide bonds. The van der Waals surface area contributed by atoms with E-state index in [-0.39, 0.29) is 12.3 Å². The van der Waals surface area contributed by atoms with E-state index in [2.05, 4.69) is 10.2 Å². The highest BCUT2D eigenvalue weighted by Gasteiger charge is 2.11. The lowest BCUT2D eigenvalue weighted by Gasteiger charge is -2.00. The summed E-state index contributed by atoms with van der Waals surface area (Å²) in [4.78, 5) is 11.4. The topological polar surface area (TPSA) is 55.0 Å². The van der Waals surface area contributed by atoms with Gasteiger partial charge < -0.3 is 4.74 Å². The lowest BCUT2D eigenvalue weighted by atomic mass is 10.1. The molecule has 1 N–H and O–H groups in total. The second kappa shape index (κ2) is 6.27. The van der Waals surface area contributed by atoms with Crippen molar-refractivity contribution in [2.45, 2.75) is 19.8 Å². The van der Waals surface area contributed by atoms with Crippen LogP contribution in [0.25, 0.3) is 0 Å². The third-order valence-electron chi connectivity index (χ3n) is 2.72. The Hall–Kier alpha value is -2.24. The van der Waals surface area contributed by atoms with Gasteiger partial charge in [-0.3, -0.25) is 5.10 Å². The average molecular weight is 280 g/mol. The molecule has 2 rings (SSSR count). The van der Waals surface area contributed by atoms with Crippen LogP contribution < -0.4 is 0 Å². The van der Waals surface area contributed by atoms with E-state index in [1.807, 2.05) is 0 Å². The SMILES string of the molecule is CCOC(=O)c1cc(CCc2cc(F)cc(F)c2)[nH]n1. The molecule has 1 aromatic heterocycles. The van der Waals surface area contributed by atoms with Gasteiger partial charge in [-0.2, -0.15) is 5.10 Å². The molecule has 1 heterocycles. The van der Waals surface area contributed by atoms with Crippen molar-refractivity contribution in [1.29, 1.82) is 0 Å². The van der Waals surface area contributed by atoms with Gasteiger partial charge in [0.05, 0.1) is 6.61 Å². The molecule has 0 saturated heterocycles. The Kier molecular flexibility index (Phi) is 4.45. The van der Waals surface area contributed by atoms with E-state index in [1.165, 1.54) is 12.1 Å². The van der Waals surface area contributed by atoms with Crippen LogP contribution in [0.1, 0.15) is 28.7 Å². The number of nitrogens with zero attached hydrogens (tertiary/aromatic N) is 1. The molecular formula is C14H14F2N2O2. The van der Waals surface area contributed by atoms with Crippen LogP contribution in [0, 0.1) is 11.6 Å². The first kappa shape index (κ1) is 14.2. The highest BCUT2D eigenvalue weighted by Crippen LogP contribution is 2.11. The number of H-pyrrole nitrogens is 1. The van der Waals surface area contributed by atoms with E-state index in [1.54, 1.807) is 13.0 Å². The Morgan fingerprint density at radius 2 is 1.90 bits per heavy atom. The molecule has 0 aliphatic carbocycles. The lowest BCUT2D eigenvalue weighted by molar-refractivity contribution is 0.0519. The fourth-order valence-electron chi connectivity index (χ4n) is 1.83. The van der Waals surface area contributed by atoms with Gasteiger partial charge in [-0.05, 0) is 43.5 Å². The summed E-state index contributed by atoms with van der Waals surface area (Å²) in [7, 11) is 0. The number of hydrogen-bond acceptors (Lipinski definition) is 3. The van der Waals surface area contributed by atoms with Crippen molar-refractivity contribution in [3.8, 4) is 0 Å². The van der Waals surface area contributed by atoms with Crippen molar-refractivity contribution in [3.05, 3.63) is 52.9 Å². The molecule has 6 heteroatoms. The van der Waals surface area contributed by atoms with Crippen LogP contribution in [0.3, 0.4) is 0 Å². The van der Waals surface area contributed by atoms with Crippen molar-refractivity contribution < 1.29 is 18.3 Å². The van der Waals surface area contributed by atoms with Gasteiger partial charge in [0.15, 0.2) is 5.69 Å². The smallest absolute Gasteiger partial charge is 0.358 e. The predicted octanol–water partition coefficient (Wildman–Crippen LogP) is 2.65. The summed E-state index contributed by atoms with van der Waals surface area (Å²) in [5.41, 5.74) is 1.46. The van der Waals surface area contributed by atoms with Crippen LogP contribution in [0.15, 0.2) is 24.3 Å². The van der Waals surface area contributed by atoms with Gasteiger partial charge in [0, 0.05) is 11.8 Å². The third kappa shape index (κ3) is 3.63. The van der Waals surface area contributed by atoms with Crippen LogP contribution in [-0.4, -0.2) is 22.8 Å². The molecule has 4 nitrogen and oxygen atoms in total. The molecule has 2 aromatic rings. The Balaban J connectivity index is 1.99. The maximum absolute atomic E-state index is 13.0. The van der Waals surface area contributed by atoms with Crippen LogP contribution in [-0.2, 0) is 17.6 Å². The van der Waals surface area contributed by atoms with Gasteiger partial charge in [-0.15, -0.1) is 0 Å². The van der Waals surface area contributed by atoms with Crippen molar-refractivity contribution in [2.75, 3.05) is 6.61 Å². The van der Waals surface area contributed by atoms with E-state index in [0.29, 0.717) is 24.1 Å². The summed E-state index contributed by atoms with van der Waals surface area (Å²) in [6.45, 7) is 1.99. The van der Waals surface area contributed by atoms with E-state index in [9.17, 15) is 13.6 Å². The molecule has 20 heavy (non-hydrogen) atoms. The highest BCUT2D eigenvalue weighted by atomic mass is 19.1. The first-order chi connectivity index (χ1) is 9.58. The molecule has 106 valence electrons. The zero-order valence-corrected chi connectivity index (χ0v) is 11.0. The quantitative estimate of drug-likeness (QED) is 0.857. The molecule has 0 fully saturated rings. The van der Waals surface area contributed by atoms with Gasteiger partial charge >= 0.3 is 5.97 Å². The number of benzene rings is 1. The number of hydrogen-bond donors (Lipinski definition) is 1. The number of aromatic amines is 1. The largest absolute Gasteiger partial charge is 0.461 e.